The Morgan fingerprint density at radius 3 is 2.28 bits per heavy atom. The van der Waals surface area contributed by atoms with Crippen LogP contribution >= 0.6 is 0 Å². The van der Waals surface area contributed by atoms with E-state index in [0.29, 0.717) is 6.61 Å². The first-order valence-corrected chi connectivity index (χ1v) is 7.18. The van der Waals surface area contributed by atoms with E-state index in [1.165, 1.54) is 0 Å². The van der Waals surface area contributed by atoms with Gasteiger partial charge in [-0.2, -0.15) is 5.26 Å². The van der Waals surface area contributed by atoms with Crippen molar-refractivity contribution in [1.29, 1.82) is 5.26 Å². The molecule has 0 aromatic rings. The summed E-state index contributed by atoms with van der Waals surface area (Å²) >= 11 is 0. The molecule has 18 heavy (non-hydrogen) atoms. The minimum absolute atomic E-state index is 0.203. The molecule has 0 spiro atoms. The lowest BCUT2D eigenvalue weighted by Gasteiger charge is -2.35. The Morgan fingerprint density at radius 2 is 1.89 bits per heavy atom. The number of ether oxygens (including phenoxy) is 1. The van der Waals surface area contributed by atoms with Crippen LogP contribution in [0.2, 0.25) is 0 Å². The zero-order valence-electron chi connectivity index (χ0n) is 12.3. The molecule has 0 aliphatic rings. The van der Waals surface area contributed by atoms with Crippen LogP contribution in [0.25, 0.3) is 0 Å². The van der Waals surface area contributed by atoms with Gasteiger partial charge >= 0.3 is 5.97 Å². The molecule has 0 fully saturated rings. The van der Waals surface area contributed by atoms with E-state index < -0.39 is 5.92 Å². The molecule has 0 saturated heterocycles. The number of carbonyl (C=O) groups excluding carboxylic acids is 1. The summed E-state index contributed by atoms with van der Waals surface area (Å²) in [5, 5.41) is 9.36. The predicted molar refractivity (Wildman–Crippen MR) is 72.9 cm³/mol. The molecule has 2 atom stereocenters. The summed E-state index contributed by atoms with van der Waals surface area (Å²) in [4.78, 5) is 12.0. The largest absolute Gasteiger partial charge is 0.465 e. The number of hydrogen-bond donors (Lipinski definition) is 0. The van der Waals surface area contributed by atoms with E-state index >= 15 is 0 Å². The number of esters is 1. The van der Waals surface area contributed by atoms with Crippen molar-refractivity contribution in [3.8, 4) is 6.07 Å². The normalized spacial score (nSPS) is 15.5. The molecule has 3 nitrogen and oxygen atoms in total. The van der Waals surface area contributed by atoms with Crippen molar-refractivity contribution in [1.82, 2.24) is 0 Å². The first kappa shape index (κ1) is 17.0. The smallest absolute Gasteiger partial charge is 0.323 e. The number of rotatable bonds is 9. The van der Waals surface area contributed by atoms with Gasteiger partial charge in [-0.1, -0.05) is 40.0 Å². The fourth-order valence-electron chi connectivity index (χ4n) is 2.66. The molecule has 0 aromatic carbocycles. The van der Waals surface area contributed by atoms with Crippen molar-refractivity contribution in [3.05, 3.63) is 0 Å². The highest BCUT2D eigenvalue weighted by Gasteiger charge is 2.41. The third kappa shape index (κ3) is 4.33. The molecular formula is C15H27NO2. The third-order valence-electron chi connectivity index (χ3n) is 3.74. The second-order valence-corrected chi connectivity index (χ2v) is 4.88. The lowest BCUT2D eigenvalue weighted by atomic mass is 9.67. The number of hydrogen-bond acceptors (Lipinski definition) is 3. The molecule has 0 rings (SSSR count). The van der Waals surface area contributed by atoms with Gasteiger partial charge in [-0.15, -0.1) is 0 Å². The van der Waals surface area contributed by atoms with Crippen molar-refractivity contribution in [2.45, 2.75) is 66.2 Å². The highest BCUT2D eigenvalue weighted by atomic mass is 16.5. The highest BCUT2D eigenvalue weighted by molar-refractivity contribution is 5.76. The molecule has 3 heteroatoms. The SMILES string of the molecule is CCCCC(CC)(CCC)C(C#N)C(=O)OCC. The molecule has 104 valence electrons. The van der Waals surface area contributed by atoms with E-state index in [2.05, 4.69) is 26.8 Å². The Hall–Kier alpha value is -1.04. The maximum absolute atomic E-state index is 12.0. The average molecular weight is 253 g/mol. The van der Waals surface area contributed by atoms with Gasteiger partial charge in [0.25, 0.3) is 0 Å². The van der Waals surface area contributed by atoms with Crippen molar-refractivity contribution in [2.24, 2.45) is 11.3 Å². The van der Waals surface area contributed by atoms with E-state index in [0.717, 1.165) is 38.5 Å². The van der Waals surface area contributed by atoms with Gasteiger partial charge in [0.2, 0.25) is 0 Å². The molecule has 0 bridgehead atoms. The van der Waals surface area contributed by atoms with Crippen molar-refractivity contribution < 1.29 is 9.53 Å². The first-order valence-electron chi connectivity index (χ1n) is 7.18. The van der Waals surface area contributed by atoms with E-state index in [9.17, 15) is 10.1 Å². The fourth-order valence-corrected chi connectivity index (χ4v) is 2.66. The maximum atomic E-state index is 12.0. The van der Waals surface area contributed by atoms with Gasteiger partial charge in [0.1, 0.15) is 5.92 Å². The molecule has 0 saturated carbocycles. The lowest BCUT2D eigenvalue weighted by Crippen LogP contribution is -2.36. The maximum Gasteiger partial charge on any atom is 0.323 e. The van der Waals surface area contributed by atoms with E-state index in [-0.39, 0.29) is 11.4 Å². The van der Waals surface area contributed by atoms with Gasteiger partial charge in [-0.05, 0) is 31.6 Å². The molecule has 0 N–H and O–H groups in total. The Kier molecular flexibility index (Phi) is 8.45. The summed E-state index contributed by atoms with van der Waals surface area (Å²) in [6.45, 7) is 8.45. The molecule has 0 aliphatic heterocycles. The van der Waals surface area contributed by atoms with Crippen LogP contribution in [0, 0.1) is 22.7 Å². The van der Waals surface area contributed by atoms with Crippen molar-refractivity contribution >= 4 is 5.97 Å². The van der Waals surface area contributed by atoms with Gasteiger partial charge < -0.3 is 4.74 Å². The summed E-state index contributed by atoms with van der Waals surface area (Å²) in [7, 11) is 0. The standard InChI is InChI=1S/C15H27NO2/c1-5-9-11-15(7-3,10-6-2)13(12-16)14(17)18-8-4/h13H,5-11H2,1-4H3. The summed E-state index contributed by atoms with van der Waals surface area (Å²) in [5.41, 5.74) is -0.203. The van der Waals surface area contributed by atoms with Crippen LogP contribution in [0.1, 0.15) is 66.2 Å². The van der Waals surface area contributed by atoms with Gasteiger partial charge in [0.05, 0.1) is 12.7 Å². The van der Waals surface area contributed by atoms with E-state index in [1.807, 2.05) is 0 Å². The molecule has 0 amide bonds. The Balaban J connectivity index is 5.09. The molecule has 0 aliphatic carbocycles. The Labute approximate surface area is 112 Å². The van der Waals surface area contributed by atoms with Gasteiger partial charge in [0.15, 0.2) is 0 Å². The average Bonchev–Trinajstić information content (AvgIpc) is 2.37. The van der Waals surface area contributed by atoms with Crippen molar-refractivity contribution in [3.63, 3.8) is 0 Å². The summed E-state index contributed by atoms with van der Waals surface area (Å²) in [6.07, 6.45) is 5.86. The van der Waals surface area contributed by atoms with Crippen LogP contribution in [0.5, 0.6) is 0 Å². The van der Waals surface area contributed by atoms with Gasteiger partial charge in [-0.25, -0.2) is 0 Å². The van der Waals surface area contributed by atoms with Crippen LogP contribution in [0.3, 0.4) is 0 Å². The third-order valence-corrected chi connectivity index (χ3v) is 3.74. The Morgan fingerprint density at radius 1 is 1.22 bits per heavy atom. The topological polar surface area (TPSA) is 50.1 Å². The van der Waals surface area contributed by atoms with Gasteiger partial charge in [-0.3, -0.25) is 4.79 Å². The Bertz CT molecular complexity index is 283. The van der Waals surface area contributed by atoms with Crippen LogP contribution in [-0.2, 0) is 9.53 Å². The summed E-state index contributed by atoms with van der Waals surface area (Å²) in [6, 6.07) is 2.20. The van der Waals surface area contributed by atoms with E-state index in [4.69, 9.17) is 4.74 Å². The zero-order valence-corrected chi connectivity index (χ0v) is 12.3. The number of nitriles is 1. The van der Waals surface area contributed by atoms with Crippen LogP contribution in [0.15, 0.2) is 0 Å². The minimum atomic E-state index is -0.617. The molecule has 0 radical (unpaired) electrons. The van der Waals surface area contributed by atoms with Gasteiger partial charge in [0, 0.05) is 0 Å². The summed E-state index contributed by atoms with van der Waals surface area (Å²) < 4.78 is 5.07. The highest BCUT2D eigenvalue weighted by Crippen LogP contribution is 2.42. The van der Waals surface area contributed by atoms with Crippen molar-refractivity contribution in [2.75, 3.05) is 6.61 Å². The molecule has 0 heterocycles. The number of carbonyl (C=O) groups is 1. The molecular weight excluding hydrogens is 226 g/mol. The van der Waals surface area contributed by atoms with Crippen LogP contribution in [0.4, 0.5) is 0 Å². The monoisotopic (exact) mass is 253 g/mol. The zero-order chi connectivity index (χ0) is 14.0. The van der Waals surface area contributed by atoms with Crippen LogP contribution in [-0.4, -0.2) is 12.6 Å². The minimum Gasteiger partial charge on any atom is -0.465 e. The molecule has 2 unspecified atom stereocenters. The lowest BCUT2D eigenvalue weighted by molar-refractivity contribution is -0.150. The number of nitrogens with zero attached hydrogens (tertiary/aromatic N) is 1. The van der Waals surface area contributed by atoms with Crippen LogP contribution < -0.4 is 0 Å². The molecule has 0 aromatic heterocycles. The summed E-state index contributed by atoms with van der Waals surface area (Å²) in [5.74, 6) is -0.958. The fraction of sp³-hybridized carbons (Fsp3) is 0.867. The van der Waals surface area contributed by atoms with E-state index in [1.54, 1.807) is 6.92 Å². The first-order chi connectivity index (χ1) is 8.61. The second kappa shape index (κ2) is 8.97. The predicted octanol–water partition coefficient (Wildman–Crippen LogP) is 4.08. The quantitative estimate of drug-likeness (QED) is 0.582. The number of unbranched alkanes of at least 4 members (excludes halogenated alkanes) is 1. The second-order valence-electron chi connectivity index (χ2n) is 4.88.